The van der Waals surface area contributed by atoms with E-state index in [0.29, 0.717) is 5.69 Å². The van der Waals surface area contributed by atoms with Gasteiger partial charge in [-0.15, -0.1) is 0 Å². The van der Waals surface area contributed by atoms with Crippen LogP contribution in [-0.2, 0) is 13.5 Å². The number of aromatic nitrogens is 2. The minimum absolute atomic E-state index is 0.0402. The highest BCUT2D eigenvalue weighted by Gasteiger charge is 2.15. The van der Waals surface area contributed by atoms with Crippen molar-refractivity contribution in [2.24, 2.45) is 7.05 Å². The van der Waals surface area contributed by atoms with E-state index in [9.17, 15) is 5.11 Å². The van der Waals surface area contributed by atoms with Gasteiger partial charge in [-0.25, -0.2) is 0 Å². The Morgan fingerprint density at radius 3 is 2.58 bits per heavy atom. The molecule has 0 saturated carbocycles. The summed E-state index contributed by atoms with van der Waals surface area (Å²) in [5.41, 5.74) is 8.57. The number of hydrogen-bond acceptors (Lipinski definition) is 4. The predicted molar refractivity (Wildman–Crippen MR) is 77.0 cm³/mol. The van der Waals surface area contributed by atoms with Crippen molar-refractivity contribution in [2.45, 2.75) is 19.4 Å². The second kappa shape index (κ2) is 5.75. The number of nitrogens with two attached hydrogens (primary N) is 1. The Morgan fingerprint density at radius 2 is 2.05 bits per heavy atom. The number of hydrogen-bond donors (Lipinski definition) is 3. The van der Waals surface area contributed by atoms with Crippen LogP contribution in [0.3, 0.4) is 0 Å². The molecule has 1 aromatic heterocycles. The molecule has 0 radical (unpaired) electrons. The molecular formula is C14H20N4O. The lowest BCUT2D eigenvalue weighted by Gasteiger charge is -2.18. The summed E-state index contributed by atoms with van der Waals surface area (Å²) in [4.78, 5) is 0. The highest BCUT2D eigenvalue weighted by atomic mass is 16.3. The van der Waals surface area contributed by atoms with Crippen LogP contribution in [0.2, 0.25) is 0 Å². The fraction of sp³-hybridized carbons (Fsp3) is 0.357. The van der Waals surface area contributed by atoms with Crippen LogP contribution in [0.25, 0.3) is 0 Å². The maximum absolute atomic E-state index is 9.50. The third-order valence-electron chi connectivity index (χ3n) is 3.15. The van der Waals surface area contributed by atoms with Crippen LogP contribution in [0.4, 0.5) is 11.5 Å². The molecule has 102 valence electrons. The minimum atomic E-state index is -0.0838. The number of nitrogens with zero attached hydrogens (tertiary/aromatic N) is 2. The second-order valence-corrected chi connectivity index (χ2v) is 4.68. The summed E-state index contributed by atoms with van der Waals surface area (Å²) in [7, 11) is 1.84. The molecular weight excluding hydrogens is 240 g/mol. The van der Waals surface area contributed by atoms with Crippen molar-refractivity contribution in [1.82, 2.24) is 9.78 Å². The molecule has 0 spiro atoms. The fourth-order valence-electron chi connectivity index (χ4n) is 2.10. The van der Waals surface area contributed by atoms with Crippen LogP contribution in [0, 0.1) is 6.92 Å². The Morgan fingerprint density at radius 1 is 1.37 bits per heavy atom. The normalized spacial score (nSPS) is 12.4. The van der Waals surface area contributed by atoms with Crippen molar-refractivity contribution in [2.75, 3.05) is 17.7 Å². The molecule has 0 aliphatic heterocycles. The quantitative estimate of drug-likeness (QED) is 0.758. The number of rotatable bonds is 5. The number of aliphatic hydroxyl groups excluding tert-OH is 1. The fourth-order valence-corrected chi connectivity index (χ4v) is 2.10. The van der Waals surface area contributed by atoms with Gasteiger partial charge in [0.25, 0.3) is 0 Å². The van der Waals surface area contributed by atoms with E-state index in [1.807, 2.05) is 44.3 Å². The van der Waals surface area contributed by atoms with Crippen LogP contribution < -0.4 is 11.1 Å². The Bertz CT molecular complexity index is 536. The molecule has 2 aromatic rings. The van der Waals surface area contributed by atoms with E-state index >= 15 is 0 Å². The van der Waals surface area contributed by atoms with Crippen molar-refractivity contribution in [3.05, 3.63) is 41.6 Å². The molecule has 5 heteroatoms. The molecule has 0 aliphatic rings. The highest BCUT2D eigenvalue weighted by molar-refractivity contribution is 5.65. The standard InChI is InChI=1S/C14H20N4O/c1-10-13(15)14(18(2)17-10)16-12(9-19)8-11-6-4-3-5-7-11/h3-7,12,16,19H,8-9,15H2,1-2H3. The zero-order valence-electron chi connectivity index (χ0n) is 11.3. The molecule has 4 N–H and O–H groups in total. The molecule has 0 saturated heterocycles. The van der Waals surface area contributed by atoms with E-state index < -0.39 is 0 Å². The summed E-state index contributed by atoms with van der Waals surface area (Å²) >= 11 is 0. The molecule has 0 amide bonds. The Labute approximate surface area is 113 Å². The molecule has 0 bridgehead atoms. The summed E-state index contributed by atoms with van der Waals surface area (Å²) in [6.45, 7) is 1.91. The van der Waals surface area contributed by atoms with Gasteiger partial charge in [0.15, 0.2) is 0 Å². The monoisotopic (exact) mass is 260 g/mol. The molecule has 0 aliphatic carbocycles. The van der Waals surface area contributed by atoms with Gasteiger partial charge >= 0.3 is 0 Å². The molecule has 19 heavy (non-hydrogen) atoms. The van der Waals surface area contributed by atoms with Crippen LogP contribution in [0.1, 0.15) is 11.3 Å². The maximum atomic E-state index is 9.50. The van der Waals surface area contributed by atoms with Gasteiger partial charge in [-0.05, 0) is 18.9 Å². The van der Waals surface area contributed by atoms with Crippen molar-refractivity contribution in [3.63, 3.8) is 0 Å². The average Bonchev–Trinajstić information content (AvgIpc) is 2.65. The van der Waals surface area contributed by atoms with Gasteiger partial charge in [-0.3, -0.25) is 4.68 Å². The van der Waals surface area contributed by atoms with Crippen molar-refractivity contribution in [1.29, 1.82) is 0 Å². The number of aryl methyl sites for hydroxylation is 2. The third kappa shape index (κ3) is 3.06. The van der Waals surface area contributed by atoms with Gasteiger partial charge < -0.3 is 16.2 Å². The molecule has 1 unspecified atom stereocenters. The molecule has 0 fully saturated rings. The molecule has 5 nitrogen and oxygen atoms in total. The zero-order chi connectivity index (χ0) is 13.8. The van der Waals surface area contributed by atoms with Gasteiger partial charge in [0.05, 0.1) is 24.0 Å². The van der Waals surface area contributed by atoms with Crippen LogP contribution in [0.15, 0.2) is 30.3 Å². The lowest BCUT2D eigenvalue weighted by Crippen LogP contribution is -2.28. The van der Waals surface area contributed by atoms with Gasteiger partial charge in [-0.2, -0.15) is 5.10 Å². The Hall–Kier alpha value is -2.01. The predicted octanol–water partition coefficient (Wildman–Crippen LogP) is 1.33. The van der Waals surface area contributed by atoms with E-state index in [4.69, 9.17) is 5.73 Å². The third-order valence-corrected chi connectivity index (χ3v) is 3.15. The topological polar surface area (TPSA) is 76.1 Å². The number of benzene rings is 1. The van der Waals surface area contributed by atoms with Gasteiger partial charge in [0.1, 0.15) is 5.82 Å². The highest BCUT2D eigenvalue weighted by Crippen LogP contribution is 2.22. The number of nitrogen functional groups attached to an aromatic ring is 1. The maximum Gasteiger partial charge on any atom is 0.148 e. The van der Waals surface area contributed by atoms with E-state index in [-0.39, 0.29) is 12.6 Å². The van der Waals surface area contributed by atoms with Gasteiger partial charge in [-0.1, -0.05) is 30.3 Å². The summed E-state index contributed by atoms with van der Waals surface area (Å²) in [6.07, 6.45) is 0.737. The SMILES string of the molecule is Cc1nn(C)c(NC(CO)Cc2ccccc2)c1N. The molecule has 1 aromatic carbocycles. The van der Waals surface area contributed by atoms with Gasteiger partial charge in [0.2, 0.25) is 0 Å². The second-order valence-electron chi connectivity index (χ2n) is 4.68. The van der Waals surface area contributed by atoms with Crippen LogP contribution in [0.5, 0.6) is 0 Å². The lowest BCUT2D eigenvalue weighted by molar-refractivity contribution is 0.273. The summed E-state index contributed by atoms with van der Waals surface area (Å²) < 4.78 is 1.71. The number of anilines is 2. The minimum Gasteiger partial charge on any atom is -0.394 e. The molecule has 1 heterocycles. The first-order chi connectivity index (χ1) is 9.11. The summed E-state index contributed by atoms with van der Waals surface area (Å²) in [5.74, 6) is 0.757. The van der Waals surface area contributed by atoms with E-state index in [1.54, 1.807) is 4.68 Å². The smallest absolute Gasteiger partial charge is 0.148 e. The molecule has 2 rings (SSSR count). The van der Waals surface area contributed by atoms with Crippen LogP contribution in [-0.4, -0.2) is 27.5 Å². The van der Waals surface area contributed by atoms with Crippen molar-refractivity contribution >= 4 is 11.5 Å². The van der Waals surface area contributed by atoms with Crippen molar-refractivity contribution < 1.29 is 5.11 Å². The van der Waals surface area contributed by atoms with E-state index in [0.717, 1.165) is 17.9 Å². The summed E-state index contributed by atoms with van der Waals surface area (Å²) in [5, 5.41) is 17.0. The zero-order valence-corrected chi connectivity index (χ0v) is 11.3. The number of aliphatic hydroxyl groups is 1. The first kappa shape index (κ1) is 13.4. The van der Waals surface area contributed by atoms with Crippen molar-refractivity contribution in [3.8, 4) is 0 Å². The lowest BCUT2D eigenvalue weighted by atomic mass is 10.1. The molecule has 1 atom stereocenters. The van der Waals surface area contributed by atoms with Gasteiger partial charge in [0, 0.05) is 7.05 Å². The van der Waals surface area contributed by atoms with E-state index in [2.05, 4.69) is 10.4 Å². The number of nitrogens with one attached hydrogen (secondary N) is 1. The Kier molecular flexibility index (Phi) is 4.06. The first-order valence-electron chi connectivity index (χ1n) is 6.32. The first-order valence-corrected chi connectivity index (χ1v) is 6.32. The summed E-state index contributed by atoms with van der Waals surface area (Å²) in [6, 6.07) is 9.97. The van der Waals surface area contributed by atoms with E-state index in [1.165, 1.54) is 5.56 Å². The average molecular weight is 260 g/mol. The Balaban J connectivity index is 2.11. The van der Waals surface area contributed by atoms with Crippen LogP contribution >= 0.6 is 0 Å². The largest absolute Gasteiger partial charge is 0.394 e.